The number of ketones is 1. The largest absolute Gasteiger partial charge is 0.453 e. The minimum Gasteiger partial charge on any atom is -0.453 e. The zero-order chi connectivity index (χ0) is 18.2. The van der Waals surface area contributed by atoms with E-state index in [1.54, 1.807) is 37.6 Å². The quantitative estimate of drug-likeness (QED) is 0.799. The number of benzene rings is 1. The fraction of sp³-hybridized carbons (Fsp3) is 0.421. The number of carbonyl (C=O) groups is 2. The number of ether oxygens (including phenoxy) is 1. The second kappa shape index (κ2) is 6.43. The number of nitrogens with zero attached hydrogens (tertiary/aromatic N) is 2. The first-order chi connectivity index (χ1) is 11.8. The van der Waals surface area contributed by atoms with Crippen LogP contribution in [0, 0.1) is 11.2 Å². The number of fused-ring (bicyclic) bond motifs is 1. The Morgan fingerprint density at radius 1 is 1.20 bits per heavy atom. The molecule has 1 aromatic carbocycles. The van der Waals surface area contributed by atoms with E-state index in [0.717, 1.165) is 30.5 Å². The first-order valence-electron chi connectivity index (χ1n) is 8.34. The van der Waals surface area contributed by atoms with E-state index in [1.807, 2.05) is 0 Å². The molecule has 0 fully saturated rings. The average molecular weight is 344 g/mol. The van der Waals surface area contributed by atoms with Gasteiger partial charge in [0.05, 0.1) is 5.69 Å². The molecule has 0 spiro atoms. The fourth-order valence-electron chi connectivity index (χ4n) is 2.81. The maximum absolute atomic E-state index is 13.1. The van der Waals surface area contributed by atoms with Gasteiger partial charge in [-0.3, -0.25) is 4.79 Å². The lowest BCUT2D eigenvalue weighted by Crippen LogP contribution is -2.26. The third-order valence-electron chi connectivity index (χ3n) is 4.37. The van der Waals surface area contributed by atoms with Crippen LogP contribution in [0.2, 0.25) is 0 Å². The Morgan fingerprint density at radius 3 is 2.52 bits per heavy atom. The van der Waals surface area contributed by atoms with E-state index in [0.29, 0.717) is 5.69 Å². The van der Waals surface area contributed by atoms with Gasteiger partial charge in [0.2, 0.25) is 0 Å². The maximum atomic E-state index is 13.1. The van der Waals surface area contributed by atoms with E-state index in [9.17, 15) is 14.0 Å². The molecule has 1 heterocycles. The van der Waals surface area contributed by atoms with Crippen LogP contribution in [0.5, 0.6) is 0 Å². The van der Waals surface area contributed by atoms with Gasteiger partial charge >= 0.3 is 5.97 Å². The molecule has 2 aromatic rings. The second-order valence-corrected chi connectivity index (χ2v) is 7.26. The molecule has 0 aliphatic heterocycles. The second-order valence-electron chi connectivity index (χ2n) is 7.26. The Hall–Kier alpha value is -2.50. The van der Waals surface area contributed by atoms with Crippen LogP contribution in [0.4, 0.5) is 4.39 Å². The summed E-state index contributed by atoms with van der Waals surface area (Å²) in [5.74, 6) is -1.06. The van der Waals surface area contributed by atoms with Gasteiger partial charge in [0.25, 0.3) is 0 Å². The van der Waals surface area contributed by atoms with Crippen molar-refractivity contribution in [2.75, 3.05) is 6.61 Å². The van der Waals surface area contributed by atoms with Crippen LogP contribution >= 0.6 is 0 Å². The number of aromatic nitrogens is 2. The summed E-state index contributed by atoms with van der Waals surface area (Å²) in [6, 6.07) is 5.97. The van der Waals surface area contributed by atoms with Crippen molar-refractivity contribution in [1.29, 1.82) is 0 Å². The van der Waals surface area contributed by atoms with Crippen LogP contribution in [-0.2, 0) is 22.4 Å². The number of esters is 1. The van der Waals surface area contributed by atoms with Gasteiger partial charge in [-0.15, -0.1) is 0 Å². The third-order valence-corrected chi connectivity index (χ3v) is 4.37. The smallest absolute Gasteiger partial charge is 0.359 e. The van der Waals surface area contributed by atoms with Gasteiger partial charge in [-0.1, -0.05) is 20.8 Å². The van der Waals surface area contributed by atoms with Gasteiger partial charge in [0.1, 0.15) is 5.82 Å². The van der Waals surface area contributed by atoms with Crippen molar-refractivity contribution < 1.29 is 18.7 Å². The van der Waals surface area contributed by atoms with Crippen molar-refractivity contribution in [3.05, 3.63) is 47.0 Å². The van der Waals surface area contributed by atoms with E-state index in [4.69, 9.17) is 4.74 Å². The first kappa shape index (κ1) is 17.3. The number of rotatable bonds is 4. The van der Waals surface area contributed by atoms with E-state index in [2.05, 4.69) is 5.10 Å². The number of Topliss-reactive ketones (excluding diaryl/α,β-unsaturated/α-hetero) is 1. The van der Waals surface area contributed by atoms with Gasteiger partial charge in [0, 0.05) is 16.7 Å². The highest BCUT2D eigenvalue weighted by atomic mass is 19.1. The van der Waals surface area contributed by atoms with Gasteiger partial charge in [-0.05, 0) is 43.5 Å². The first-order valence-corrected chi connectivity index (χ1v) is 8.34. The molecule has 1 aromatic heterocycles. The van der Waals surface area contributed by atoms with E-state index >= 15 is 0 Å². The van der Waals surface area contributed by atoms with E-state index in [1.165, 1.54) is 12.1 Å². The molecule has 0 N–H and O–H groups in total. The van der Waals surface area contributed by atoms with E-state index < -0.39 is 11.4 Å². The molecule has 0 atom stereocenters. The van der Waals surface area contributed by atoms with Crippen LogP contribution in [0.15, 0.2) is 24.3 Å². The predicted molar refractivity (Wildman–Crippen MR) is 90.3 cm³/mol. The molecule has 25 heavy (non-hydrogen) atoms. The number of hydrogen-bond acceptors (Lipinski definition) is 4. The zero-order valence-corrected chi connectivity index (χ0v) is 14.6. The van der Waals surface area contributed by atoms with Crippen LogP contribution in [0.25, 0.3) is 5.69 Å². The summed E-state index contributed by atoms with van der Waals surface area (Å²) < 4.78 is 20.0. The van der Waals surface area contributed by atoms with Gasteiger partial charge in [-0.25, -0.2) is 13.9 Å². The standard InChI is InChI=1S/C19H21FN2O3/c1-19(2,3)16(23)11-25-18(24)17-14-5-4-6-15(14)22(21-17)13-9-7-12(20)8-10-13/h7-10H,4-6,11H2,1-3H3. The fourth-order valence-corrected chi connectivity index (χ4v) is 2.81. The highest BCUT2D eigenvalue weighted by molar-refractivity contribution is 5.92. The molecule has 1 aliphatic carbocycles. The van der Waals surface area contributed by atoms with E-state index in [-0.39, 0.29) is 23.9 Å². The molecule has 0 saturated carbocycles. The minimum atomic E-state index is -0.586. The Bertz CT molecular complexity index is 816. The molecule has 132 valence electrons. The highest BCUT2D eigenvalue weighted by Gasteiger charge is 2.29. The van der Waals surface area contributed by atoms with Crippen LogP contribution in [0.3, 0.4) is 0 Å². The van der Waals surface area contributed by atoms with Crippen LogP contribution in [-0.4, -0.2) is 28.1 Å². The van der Waals surface area contributed by atoms with Crippen molar-refractivity contribution in [1.82, 2.24) is 9.78 Å². The van der Waals surface area contributed by atoms with Crippen LogP contribution < -0.4 is 0 Å². The molecule has 3 rings (SSSR count). The lowest BCUT2D eigenvalue weighted by Gasteiger charge is -2.15. The molecular weight excluding hydrogens is 323 g/mol. The lowest BCUT2D eigenvalue weighted by atomic mass is 9.91. The Morgan fingerprint density at radius 2 is 1.88 bits per heavy atom. The zero-order valence-electron chi connectivity index (χ0n) is 14.6. The van der Waals surface area contributed by atoms with Crippen LogP contribution in [0.1, 0.15) is 48.9 Å². The molecule has 0 radical (unpaired) electrons. The Labute approximate surface area is 145 Å². The molecule has 0 saturated heterocycles. The van der Waals surface area contributed by atoms with Crippen molar-refractivity contribution in [3.8, 4) is 5.69 Å². The van der Waals surface area contributed by atoms with Crippen molar-refractivity contribution in [2.24, 2.45) is 5.41 Å². The summed E-state index contributed by atoms with van der Waals surface area (Å²) in [4.78, 5) is 24.4. The summed E-state index contributed by atoms with van der Waals surface area (Å²) in [5, 5.41) is 4.38. The molecule has 0 amide bonds. The summed E-state index contributed by atoms with van der Waals surface area (Å²) in [5.41, 5.74) is 2.19. The average Bonchev–Trinajstić information content (AvgIpc) is 3.14. The lowest BCUT2D eigenvalue weighted by molar-refractivity contribution is -0.129. The topological polar surface area (TPSA) is 61.2 Å². The third kappa shape index (κ3) is 3.48. The molecule has 0 unspecified atom stereocenters. The molecule has 1 aliphatic rings. The summed E-state index contributed by atoms with van der Waals surface area (Å²) in [6.07, 6.45) is 2.47. The molecule has 5 nitrogen and oxygen atoms in total. The van der Waals surface area contributed by atoms with Gasteiger partial charge in [0.15, 0.2) is 18.1 Å². The van der Waals surface area contributed by atoms with Crippen molar-refractivity contribution in [3.63, 3.8) is 0 Å². The number of hydrogen-bond donors (Lipinski definition) is 0. The van der Waals surface area contributed by atoms with Gasteiger partial charge < -0.3 is 4.74 Å². The Kier molecular flexibility index (Phi) is 4.45. The van der Waals surface area contributed by atoms with Gasteiger partial charge in [-0.2, -0.15) is 5.10 Å². The highest BCUT2D eigenvalue weighted by Crippen LogP contribution is 2.28. The van der Waals surface area contributed by atoms with Crippen molar-refractivity contribution >= 4 is 11.8 Å². The summed E-state index contributed by atoms with van der Waals surface area (Å²) >= 11 is 0. The number of carbonyl (C=O) groups excluding carboxylic acids is 2. The normalized spacial score (nSPS) is 13.6. The predicted octanol–water partition coefficient (Wildman–Crippen LogP) is 3.27. The number of halogens is 1. The summed E-state index contributed by atoms with van der Waals surface area (Å²) in [7, 11) is 0. The summed E-state index contributed by atoms with van der Waals surface area (Å²) in [6.45, 7) is 5.08. The molecule has 6 heteroatoms. The Balaban J connectivity index is 1.85. The maximum Gasteiger partial charge on any atom is 0.359 e. The minimum absolute atomic E-state index is 0.143. The SMILES string of the molecule is CC(C)(C)C(=O)COC(=O)c1nn(-c2ccc(F)cc2)c2c1CCC2. The molecule has 0 bridgehead atoms. The molecular formula is C19H21FN2O3. The monoisotopic (exact) mass is 344 g/mol. The van der Waals surface area contributed by atoms with Crippen molar-refractivity contribution in [2.45, 2.75) is 40.0 Å².